The van der Waals surface area contributed by atoms with Gasteiger partial charge in [0, 0.05) is 18.5 Å². The van der Waals surface area contributed by atoms with Crippen LogP contribution in [0.1, 0.15) is 37.6 Å². The quantitative estimate of drug-likeness (QED) is 0.142. The standard InChI is InChI=1S/C31H33ClN4O7S/c1-31(2,3)22-5-8-24(9-6-22)44(38,39)36-30-29(43-27-18-23(40-4)7-10-25(27)32)26(34-20-35-30)19-41-15-16-42-28(37)17-21-11-13-33-14-12-21/h5-14,18,20H,15-17,19H2,1-4H3,(H,34,35,36). The fourth-order valence-electron chi connectivity index (χ4n) is 3.91. The highest BCUT2D eigenvalue weighted by Crippen LogP contribution is 2.37. The summed E-state index contributed by atoms with van der Waals surface area (Å²) in [6.45, 7) is 6.05. The molecule has 0 aliphatic heterocycles. The van der Waals surface area contributed by atoms with Gasteiger partial charge in [0.05, 0.1) is 36.7 Å². The molecule has 0 unspecified atom stereocenters. The molecule has 2 aromatic carbocycles. The molecule has 0 radical (unpaired) electrons. The summed E-state index contributed by atoms with van der Waals surface area (Å²) in [5.74, 6) is 0.0925. The zero-order chi connectivity index (χ0) is 31.7. The van der Waals surface area contributed by atoms with Gasteiger partial charge < -0.3 is 18.9 Å². The number of carbonyl (C=O) groups excluding carboxylic acids is 1. The van der Waals surface area contributed by atoms with Gasteiger partial charge in [0.2, 0.25) is 0 Å². The monoisotopic (exact) mass is 640 g/mol. The van der Waals surface area contributed by atoms with Crippen molar-refractivity contribution in [3.63, 3.8) is 0 Å². The molecule has 232 valence electrons. The van der Waals surface area contributed by atoms with E-state index in [0.29, 0.717) is 5.75 Å². The number of hydrogen-bond acceptors (Lipinski definition) is 10. The van der Waals surface area contributed by atoms with Crippen LogP contribution in [0.3, 0.4) is 0 Å². The first-order valence-corrected chi connectivity index (χ1v) is 15.4. The predicted molar refractivity (Wildman–Crippen MR) is 165 cm³/mol. The van der Waals surface area contributed by atoms with E-state index in [9.17, 15) is 13.2 Å². The number of sulfonamides is 1. The maximum absolute atomic E-state index is 13.4. The molecule has 0 aliphatic carbocycles. The number of aromatic nitrogens is 3. The molecule has 11 nitrogen and oxygen atoms in total. The highest BCUT2D eigenvalue weighted by atomic mass is 35.5. The zero-order valence-electron chi connectivity index (χ0n) is 24.7. The highest BCUT2D eigenvalue weighted by molar-refractivity contribution is 7.92. The third-order valence-electron chi connectivity index (χ3n) is 6.32. The van der Waals surface area contributed by atoms with Crippen LogP contribution in [0.25, 0.3) is 0 Å². The number of nitrogens with one attached hydrogen (secondary N) is 1. The van der Waals surface area contributed by atoms with Crippen molar-refractivity contribution >= 4 is 33.4 Å². The van der Waals surface area contributed by atoms with Gasteiger partial charge in [-0.05, 0) is 52.9 Å². The van der Waals surface area contributed by atoms with Crippen LogP contribution in [0.2, 0.25) is 5.02 Å². The maximum Gasteiger partial charge on any atom is 0.310 e. The second-order valence-electron chi connectivity index (χ2n) is 10.6. The third kappa shape index (κ3) is 8.88. The van der Waals surface area contributed by atoms with Crippen LogP contribution in [0.15, 0.2) is 78.2 Å². The van der Waals surface area contributed by atoms with Crippen LogP contribution in [-0.4, -0.2) is 49.7 Å². The molecule has 2 aromatic heterocycles. The molecule has 1 N–H and O–H groups in total. The summed E-state index contributed by atoms with van der Waals surface area (Å²) in [5.41, 5.74) is 1.84. The van der Waals surface area contributed by atoms with E-state index in [1.165, 1.54) is 25.6 Å². The van der Waals surface area contributed by atoms with E-state index < -0.39 is 16.0 Å². The van der Waals surface area contributed by atoms with E-state index in [2.05, 4.69) is 19.7 Å². The van der Waals surface area contributed by atoms with Crippen LogP contribution < -0.4 is 14.2 Å². The van der Waals surface area contributed by atoms with Crippen molar-refractivity contribution in [3.05, 3.63) is 95.2 Å². The molecule has 0 bridgehead atoms. The van der Waals surface area contributed by atoms with Crippen LogP contribution in [-0.2, 0) is 42.7 Å². The maximum atomic E-state index is 13.4. The molecule has 4 rings (SSSR count). The minimum absolute atomic E-state index is 0.00303. The topological polar surface area (TPSA) is 139 Å². The Morgan fingerprint density at radius 1 is 0.977 bits per heavy atom. The Balaban J connectivity index is 1.52. The number of carbonyl (C=O) groups is 1. The van der Waals surface area contributed by atoms with Crippen molar-refractivity contribution in [2.24, 2.45) is 0 Å². The second kappa shape index (κ2) is 14.5. The van der Waals surface area contributed by atoms with Crippen LogP contribution in [0.4, 0.5) is 5.82 Å². The molecule has 0 amide bonds. The number of benzene rings is 2. The summed E-state index contributed by atoms with van der Waals surface area (Å²) in [6.07, 6.45) is 4.50. The first-order valence-electron chi connectivity index (χ1n) is 13.6. The molecule has 0 aliphatic rings. The van der Waals surface area contributed by atoms with Gasteiger partial charge in [-0.3, -0.25) is 14.5 Å². The molecule has 0 spiro atoms. The Morgan fingerprint density at radius 3 is 2.39 bits per heavy atom. The molecule has 44 heavy (non-hydrogen) atoms. The number of ether oxygens (including phenoxy) is 4. The number of pyridine rings is 1. The van der Waals surface area contributed by atoms with Gasteiger partial charge in [0.15, 0.2) is 11.6 Å². The van der Waals surface area contributed by atoms with Crippen molar-refractivity contribution in [2.45, 2.75) is 44.1 Å². The molecule has 4 aromatic rings. The van der Waals surface area contributed by atoms with E-state index in [1.54, 1.807) is 54.9 Å². The lowest BCUT2D eigenvalue weighted by Gasteiger charge is -2.19. The Bertz CT molecular complexity index is 1680. The van der Waals surface area contributed by atoms with Crippen LogP contribution >= 0.6 is 11.6 Å². The molecule has 2 heterocycles. The number of rotatable bonds is 13. The van der Waals surface area contributed by atoms with Gasteiger partial charge in [-0.1, -0.05) is 44.5 Å². The average molecular weight is 641 g/mol. The van der Waals surface area contributed by atoms with Gasteiger partial charge >= 0.3 is 5.97 Å². The highest BCUT2D eigenvalue weighted by Gasteiger charge is 2.23. The van der Waals surface area contributed by atoms with Gasteiger partial charge in [0.25, 0.3) is 10.0 Å². The molecule has 0 saturated heterocycles. The smallest absolute Gasteiger partial charge is 0.310 e. The fourth-order valence-corrected chi connectivity index (χ4v) is 5.08. The summed E-state index contributed by atoms with van der Waals surface area (Å²) in [5, 5.41) is 0.245. The minimum atomic E-state index is -4.07. The van der Waals surface area contributed by atoms with Gasteiger partial charge in [0.1, 0.15) is 30.1 Å². The SMILES string of the molecule is COc1ccc(Cl)c(Oc2c(COCCOC(=O)Cc3ccncc3)ncnc2NS(=O)(=O)c2ccc(C(C)(C)C)cc2)c1. The lowest BCUT2D eigenvalue weighted by Crippen LogP contribution is -2.17. The number of anilines is 1. The van der Waals surface area contributed by atoms with Crippen molar-refractivity contribution in [1.82, 2.24) is 15.0 Å². The number of esters is 1. The number of halogens is 1. The summed E-state index contributed by atoms with van der Waals surface area (Å²) in [6, 6.07) is 14.8. The van der Waals surface area contributed by atoms with Crippen molar-refractivity contribution in [2.75, 3.05) is 25.0 Å². The first-order chi connectivity index (χ1) is 21.0. The Kier molecular flexibility index (Phi) is 10.7. The normalized spacial score (nSPS) is 11.6. The summed E-state index contributed by atoms with van der Waals surface area (Å²) in [4.78, 5) is 24.5. The average Bonchev–Trinajstić information content (AvgIpc) is 2.99. The molecular weight excluding hydrogens is 608 g/mol. The van der Waals surface area contributed by atoms with E-state index in [4.69, 9.17) is 30.5 Å². The summed E-state index contributed by atoms with van der Waals surface area (Å²) >= 11 is 6.38. The number of methoxy groups -OCH3 is 1. The van der Waals surface area contributed by atoms with E-state index in [1.807, 2.05) is 20.8 Å². The Labute approximate surface area is 261 Å². The van der Waals surface area contributed by atoms with Gasteiger partial charge in [-0.25, -0.2) is 18.4 Å². The minimum Gasteiger partial charge on any atom is -0.497 e. The molecule has 0 atom stereocenters. The van der Waals surface area contributed by atoms with Crippen molar-refractivity contribution in [1.29, 1.82) is 0 Å². The number of hydrogen-bond donors (Lipinski definition) is 1. The van der Waals surface area contributed by atoms with Crippen LogP contribution in [0.5, 0.6) is 17.2 Å². The molecule has 13 heteroatoms. The molecular formula is C31H33ClN4O7S. The van der Waals surface area contributed by atoms with Gasteiger partial charge in [-0.15, -0.1) is 0 Å². The van der Waals surface area contributed by atoms with Gasteiger partial charge in [-0.2, -0.15) is 0 Å². The Hall–Kier alpha value is -4.26. The van der Waals surface area contributed by atoms with Crippen molar-refractivity contribution in [3.8, 4) is 17.2 Å². The zero-order valence-corrected chi connectivity index (χ0v) is 26.3. The van der Waals surface area contributed by atoms with Crippen LogP contribution in [0, 0.1) is 0 Å². The first kappa shape index (κ1) is 32.6. The lowest BCUT2D eigenvalue weighted by molar-refractivity contribution is -0.144. The van der Waals surface area contributed by atoms with E-state index in [-0.39, 0.29) is 64.6 Å². The molecule has 0 fully saturated rings. The summed E-state index contributed by atoms with van der Waals surface area (Å²) < 4.78 is 51.6. The lowest BCUT2D eigenvalue weighted by atomic mass is 9.87. The fraction of sp³-hybridized carbons (Fsp3) is 0.290. The van der Waals surface area contributed by atoms with E-state index >= 15 is 0 Å². The van der Waals surface area contributed by atoms with Crippen molar-refractivity contribution < 1.29 is 32.2 Å². The third-order valence-corrected chi connectivity index (χ3v) is 7.98. The second-order valence-corrected chi connectivity index (χ2v) is 12.7. The Morgan fingerprint density at radius 2 is 1.70 bits per heavy atom. The summed E-state index contributed by atoms with van der Waals surface area (Å²) in [7, 11) is -2.58. The van der Waals surface area contributed by atoms with E-state index in [0.717, 1.165) is 11.1 Å². The molecule has 0 saturated carbocycles. The largest absolute Gasteiger partial charge is 0.497 e. The number of nitrogens with zero attached hydrogens (tertiary/aromatic N) is 3. The predicted octanol–water partition coefficient (Wildman–Crippen LogP) is 5.73.